The lowest BCUT2D eigenvalue weighted by Crippen LogP contribution is -2.15. The zero-order valence-electron chi connectivity index (χ0n) is 12.1. The van der Waals surface area contributed by atoms with Crippen molar-refractivity contribution in [2.24, 2.45) is 0 Å². The fourth-order valence-electron chi connectivity index (χ4n) is 2.49. The third kappa shape index (κ3) is 3.72. The van der Waals surface area contributed by atoms with E-state index in [0.29, 0.717) is 35.0 Å². The minimum absolute atomic E-state index is 0.155. The van der Waals surface area contributed by atoms with Crippen molar-refractivity contribution >= 4 is 10.8 Å². The van der Waals surface area contributed by atoms with Crippen molar-refractivity contribution in [2.45, 2.75) is 18.8 Å². The summed E-state index contributed by atoms with van der Waals surface area (Å²) in [4.78, 5) is 0. The van der Waals surface area contributed by atoms with Gasteiger partial charge in [-0.25, -0.2) is 4.39 Å². The van der Waals surface area contributed by atoms with Crippen molar-refractivity contribution in [3.05, 3.63) is 65.0 Å². The molecule has 0 radical (unpaired) electrons. The molecule has 1 atom stereocenters. The van der Waals surface area contributed by atoms with Gasteiger partial charge in [-0.3, -0.25) is 4.21 Å². The zero-order valence-corrected chi connectivity index (χ0v) is 12.9. The van der Waals surface area contributed by atoms with E-state index in [1.54, 1.807) is 0 Å². The van der Waals surface area contributed by atoms with Crippen molar-refractivity contribution in [3.63, 3.8) is 0 Å². The van der Waals surface area contributed by atoms with E-state index in [1.165, 1.54) is 12.1 Å². The molecule has 1 aliphatic heterocycles. The summed E-state index contributed by atoms with van der Waals surface area (Å²) < 4.78 is 36.5. The van der Waals surface area contributed by atoms with Gasteiger partial charge in [0.2, 0.25) is 0 Å². The molecule has 0 bridgehead atoms. The quantitative estimate of drug-likeness (QED) is 0.849. The van der Waals surface area contributed by atoms with Gasteiger partial charge in [0.1, 0.15) is 11.6 Å². The number of halogens is 1. The van der Waals surface area contributed by atoms with Crippen LogP contribution >= 0.6 is 0 Å². The molecule has 0 aliphatic carbocycles. The number of hydrogen-bond acceptors (Lipinski definition) is 3. The molecule has 2 aromatic carbocycles. The molecule has 0 saturated heterocycles. The molecule has 3 nitrogen and oxygen atoms in total. The van der Waals surface area contributed by atoms with E-state index in [-0.39, 0.29) is 12.6 Å². The van der Waals surface area contributed by atoms with Gasteiger partial charge in [-0.1, -0.05) is 30.3 Å². The number of rotatable bonds is 5. The number of aryl methyl sites for hydroxylation is 1. The second-order valence-corrected chi connectivity index (χ2v) is 6.76. The second kappa shape index (κ2) is 7.03. The summed E-state index contributed by atoms with van der Waals surface area (Å²) in [6.45, 7) is 0.485. The Morgan fingerprint density at radius 1 is 1.18 bits per heavy atom. The van der Waals surface area contributed by atoms with Gasteiger partial charge in [0.15, 0.2) is 6.79 Å². The highest BCUT2D eigenvalue weighted by molar-refractivity contribution is 7.84. The molecule has 116 valence electrons. The van der Waals surface area contributed by atoms with Crippen LogP contribution in [0.5, 0.6) is 5.75 Å². The molecule has 2 aromatic rings. The maximum Gasteiger partial charge on any atom is 0.189 e. The third-order valence-corrected chi connectivity index (χ3v) is 4.82. The lowest BCUT2D eigenvalue weighted by Gasteiger charge is -2.20. The van der Waals surface area contributed by atoms with Gasteiger partial charge in [0.05, 0.1) is 12.4 Å². The minimum atomic E-state index is -1.07. The van der Waals surface area contributed by atoms with Crippen LogP contribution in [0.25, 0.3) is 0 Å². The molecule has 0 fully saturated rings. The number of fused-ring (bicyclic) bond motifs is 1. The predicted molar refractivity (Wildman–Crippen MR) is 83.5 cm³/mol. The van der Waals surface area contributed by atoms with Crippen LogP contribution in [0.4, 0.5) is 4.39 Å². The monoisotopic (exact) mass is 320 g/mol. The Labute approximate surface area is 131 Å². The first-order chi connectivity index (χ1) is 10.7. The van der Waals surface area contributed by atoms with Crippen LogP contribution in [-0.4, -0.2) is 16.8 Å². The molecule has 5 heteroatoms. The third-order valence-electron chi connectivity index (χ3n) is 3.53. The van der Waals surface area contributed by atoms with Gasteiger partial charge in [-0.15, -0.1) is 0 Å². The molecule has 0 saturated carbocycles. The second-order valence-electron chi connectivity index (χ2n) is 5.19. The van der Waals surface area contributed by atoms with Crippen molar-refractivity contribution < 1.29 is 18.1 Å². The minimum Gasteiger partial charge on any atom is -0.467 e. The van der Waals surface area contributed by atoms with Gasteiger partial charge in [-0.05, 0) is 24.1 Å². The number of hydrogen-bond donors (Lipinski definition) is 0. The van der Waals surface area contributed by atoms with Crippen molar-refractivity contribution in [2.75, 3.05) is 12.5 Å². The first kappa shape index (κ1) is 15.2. The SMILES string of the molecule is O=[S@@](CCc1ccccc1)Cc1cc(F)cc2c1OCOC2. The summed E-state index contributed by atoms with van der Waals surface area (Å²) >= 11 is 0. The fraction of sp³-hybridized carbons (Fsp3) is 0.294. The number of ether oxygens (including phenoxy) is 2. The van der Waals surface area contributed by atoms with E-state index in [1.807, 2.05) is 30.3 Å². The molecule has 0 spiro atoms. The summed E-state index contributed by atoms with van der Waals surface area (Å²) in [5.74, 6) is 1.13. The van der Waals surface area contributed by atoms with Gasteiger partial charge < -0.3 is 9.47 Å². The van der Waals surface area contributed by atoms with Gasteiger partial charge in [0, 0.05) is 27.7 Å². The van der Waals surface area contributed by atoms with Crippen LogP contribution in [0.3, 0.4) is 0 Å². The molecule has 3 rings (SSSR count). The van der Waals surface area contributed by atoms with E-state index in [4.69, 9.17) is 9.47 Å². The summed E-state index contributed by atoms with van der Waals surface area (Å²) in [5, 5.41) is 0. The first-order valence-corrected chi connectivity index (χ1v) is 8.62. The van der Waals surface area contributed by atoms with E-state index < -0.39 is 10.8 Å². The topological polar surface area (TPSA) is 35.5 Å². The van der Waals surface area contributed by atoms with Gasteiger partial charge in [-0.2, -0.15) is 0 Å². The lowest BCUT2D eigenvalue weighted by molar-refractivity contribution is -0.0171. The average molecular weight is 320 g/mol. The predicted octanol–water partition coefficient (Wildman–Crippen LogP) is 3.18. The molecule has 0 amide bonds. The maximum atomic E-state index is 13.6. The zero-order chi connectivity index (χ0) is 15.4. The molecule has 0 aromatic heterocycles. The number of benzene rings is 2. The molecule has 22 heavy (non-hydrogen) atoms. The molecule has 1 aliphatic rings. The van der Waals surface area contributed by atoms with Crippen molar-refractivity contribution in [3.8, 4) is 5.75 Å². The molecule has 0 unspecified atom stereocenters. The Morgan fingerprint density at radius 3 is 2.82 bits per heavy atom. The smallest absolute Gasteiger partial charge is 0.189 e. The Hall–Kier alpha value is -1.72. The molecule has 0 N–H and O–H groups in total. The Morgan fingerprint density at radius 2 is 2.00 bits per heavy atom. The van der Waals surface area contributed by atoms with Crippen molar-refractivity contribution in [1.82, 2.24) is 0 Å². The van der Waals surface area contributed by atoms with E-state index in [9.17, 15) is 8.60 Å². The van der Waals surface area contributed by atoms with Gasteiger partial charge in [0.25, 0.3) is 0 Å². The van der Waals surface area contributed by atoms with E-state index in [2.05, 4.69) is 0 Å². The standard InChI is InChI=1S/C17H17FO3S/c18-16-8-14-10-20-12-21-17(14)15(9-16)11-22(19)7-6-13-4-2-1-3-5-13/h1-5,8-9H,6-7,10-12H2/t22-/m0/s1. The van der Waals surface area contributed by atoms with E-state index in [0.717, 1.165) is 12.0 Å². The van der Waals surface area contributed by atoms with Crippen LogP contribution in [0.2, 0.25) is 0 Å². The highest BCUT2D eigenvalue weighted by Crippen LogP contribution is 2.30. The molecular formula is C17H17FO3S. The Kier molecular flexibility index (Phi) is 4.85. The average Bonchev–Trinajstić information content (AvgIpc) is 2.54. The summed E-state index contributed by atoms with van der Waals surface area (Å²) in [6, 6.07) is 12.7. The van der Waals surface area contributed by atoms with Crippen LogP contribution in [0, 0.1) is 5.82 Å². The Balaban J connectivity index is 1.67. The van der Waals surface area contributed by atoms with Crippen LogP contribution in [-0.2, 0) is 34.3 Å². The van der Waals surface area contributed by atoms with Crippen LogP contribution in [0.1, 0.15) is 16.7 Å². The van der Waals surface area contributed by atoms with Crippen LogP contribution in [0.15, 0.2) is 42.5 Å². The fourth-order valence-corrected chi connectivity index (χ4v) is 3.65. The maximum absolute atomic E-state index is 13.6. The Bertz CT molecular complexity index is 673. The highest BCUT2D eigenvalue weighted by atomic mass is 32.2. The summed E-state index contributed by atoms with van der Waals surface area (Å²) in [6.07, 6.45) is 0.745. The first-order valence-electron chi connectivity index (χ1n) is 7.13. The molecule has 1 heterocycles. The van der Waals surface area contributed by atoms with Crippen LogP contribution < -0.4 is 4.74 Å². The van der Waals surface area contributed by atoms with Crippen molar-refractivity contribution in [1.29, 1.82) is 0 Å². The summed E-state index contributed by atoms with van der Waals surface area (Å²) in [5.41, 5.74) is 2.49. The molecular weight excluding hydrogens is 303 g/mol. The highest BCUT2D eigenvalue weighted by Gasteiger charge is 2.18. The lowest BCUT2D eigenvalue weighted by atomic mass is 10.1. The van der Waals surface area contributed by atoms with Gasteiger partial charge >= 0.3 is 0 Å². The largest absolute Gasteiger partial charge is 0.467 e. The van der Waals surface area contributed by atoms with E-state index >= 15 is 0 Å². The normalized spacial score (nSPS) is 15.0. The summed E-state index contributed by atoms with van der Waals surface area (Å²) in [7, 11) is -1.07.